The van der Waals surface area contributed by atoms with E-state index in [1.54, 1.807) is 0 Å². The first-order valence-corrected chi connectivity index (χ1v) is 7.48. The van der Waals surface area contributed by atoms with Gasteiger partial charge in [0.25, 0.3) is 0 Å². The van der Waals surface area contributed by atoms with Gasteiger partial charge in [0.15, 0.2) is 0 Å². The van der Waals surface area contributed by atoms with E-state index in [4.69, 9.17) is 5.73 Å². The predicted octanol–water partition coefficient (Wildman–Crippen LogP) is 2.11. The minimum Gasteiger partial charge on any atom is -0.345 e. The highest BCUT2D eigenvalue weighted by Crippen LogP contribution is 2.48. The molecule has 18 heavy (non-hydrogen) atoms. The summed E-state index contributed by atoms with van der Waals surface area (Å²) in [6.07, 6.45) is 5.58. The van der Waals surface area contributed by atoms with E-state index in [-0.39, 0.29) is 11.8 Å². The van der Waals surface area contributed by atoms with Gasteiger partial charge in [0.1, 0.15) is 0 Å². The van der Waals surface area contributed by atoms with Crippen LogP contribution in [0.4, 0.5) is 0 Å². The van der Waals surface area contributed by atoms with Crippen LogP contribution in [0.3, 0.4) is 0 Å². The van der Waals surface area contributed by atoms with E-state index >= 15 is 0 Å². The quantitative estimate of drug-likeness (QED) is 0.814. The van der Waals surface area contributed by atoms with Crippen LogP contribution in [0.15, 0.2) is 0 Å². The van der Waals surface area contributed by atoms with Crippen LogP contribution < -0.4 is 5.73 Å². The fraction of sp³-hybridized carbons (Fsp3) is 0.933. The number of amides is 1. The largest absolute Gasteiger partial charge is 0.345 e. The van der Waals surface area contributed by atoms with Crippen molar-refractivity contribution in [2.24, 2.45) is 35.3 Å². The molecule has 0 aromatic heterocycles. The number of hydrogen-bond acceptors (Lipinski definition) is 2. The molecule has 4 unspecified atom stereocenters. The molecular formula is C15H28N2O. The summed E-state index contributed by atoms with van der Waals surface area (Å²) in [4.78, 5) is 14.3. The molecule has 2 N–H and O–H groups in total. The van der Waals surface area contributed by atoms with Gasteiger partial charge in [-0.3, -0.25) is 4.79 Å². The summed E-state index contributed by atoms with van der Waals surface area (Å²) in [5, 5.41) is 0. The Morgan fingerprint density at radius 1 is 1.33 bits per heavy atom. The van der Waals surface area contributed by atoms with Crippen molar-refractivity contribution in [3.8, 4) is 0 Å². The predicted molar refractivity (Wildman–Crippen MR) is 74.0 cm³/mol. The lowest BCUT2D eigenvalue weighted by Gasteiger charge is -2.30. The number of carbonyl (C=O) groups is 1. The maximum absolute atomic E-state index is 12.4. The van der Waals surface area contributed by atoms with E-state index < -0.39 is 0 Å². The molecule has 2 saturated carbocycles. The van der Waals surface area contributed by atoms with Gasteiger partial charge in [-0.25, -0.2) is 0 Å². The summed E-state index contributed by atoms with van der Waals surface area (Å²) < 4.78 is 0. The molecule has 0 spiro atoms. The summed E-state index contributed by atoms with van der Waals surface area (Å²) >= 11 is 0. The average molecular weight is 252 g/mol. The lowest BCUT2D eigenvalue weighted by molar-refractivity contribution is -0.136. The fourth-order valence-electron chi connectivity index (χ4n) is 3.98. The molecule has 0 aromatic carbocycles. The molecule has 0 aliphatic heterocycles. The smallest absolute Gasteiger partial charge is 0.226 e. The minimum absolute atomic E-state index is 0.00593. The number of rotatable bonds is 5. The lowest BCUT2D eigenvalue weighted by Crippen LogP contribution is -2.42. The van der Waals surface area contributed by atoms with Crippen molar-refractivity contribution in [2.45, 2.75) is 39.5 Å². The summed E-state index contributed by atoms with van der Waals surface area (Å²) in [6, 6.07) is 0. The van der Waals surface area contributed by atoms with Crippen LogP contribution in [0.5, 0.6) is 0 Å². The number of fused-ring (bicyclic) bond motifs is 2. The second-order valence-corrected chi connectivity index (χ2v) is 6.74. The third kappa shape index (κ3) is 2.71. The Morgan fingerprint density at radius 2 is 2.06 bits per heavy atom. The number of nitrogens with zero attached hydrogens (tertiary/aromatic N) is 1. The second-order valence-electron chi connectivity index (χ2n) is 6.74. The van der Waals surface area contributed by atoms with E-state index in [9.17, 15) is 4.79 Å². The van der Waals surface area contributed by atoms with Crippen molar-refractivity contribution in [3.05, 3.63) is 0 Å². The van der Waals surface area contributed by atoms with Gasteiger partial charge in [-0.05, 0) is 42.9 Å². The molecule has 2 rings (SSSR count). The topological polar surface area (TPSA) is 46.3 Å². The molecule has 2 bridgehead atoms. The zero-order valence-corrected chi connectivity index (χ0v) is 12.1. The minimum atomic E-state index is -0.00593. The Kier molecular flexibility index (Phi) is 4.31. The molecule has 2 aliphatic rings. The van der Waals surface area contributed by atoms with Gasteiger partial charge < -0.3 is 10.6 Å². The van der Waals surface area contributed by atoms with Crippen molar-refractivity contribution < 1.29 is 4.79 Å². The van der Waals surface area contributed by atoms with Crippen molar-refractivity contribution in [1.29, 1.82) is 0 Å². The number of carbonyl (C=O) groups excluding carboxylic acids is 1. The van der Waals surface area contributed by atoms with E-state index in [0.29, 0.717) is 12.5 Å². The molecule has 3 nitrogen and oxygen atoms in total. The highest BCUT2D eigenvalue weighted by molar-refractivity contribution is 5.79. The average Bonchev–Trinajstić information content (AvgIpc) is 2.91. The third-order valence-electron chi connectivity index (χ3n) is 5.15. The molecule has 0 heterocycles. The van der Waals surface area contributed by atoms with E-state index in [1.807, 2.05) is 11.9 Å². The Bertz CT molecular complexity index is 303. The van der Waals surface area contributed by atoms with Gasteiger partial charge in [0, 0.05) is 20.1 Å². The number of nitrogens with two attached hydrogens (primary N) is 1. The zero-order valence-electron chi connectivity index (χ0n) is 12.1. The van der Waals surface area contributed by atoms with Crippen molar-refractivity contribution in [1.82, 2.24) is 4.90 Å². The first-order chi connectivity index (χ1) is 8.52. The van der Waals surface area contributed by atoms with E-state index in [0.717, 1.165) is 24.3 Å². The van der Waals surface area contributed by atoms with Gasteiger partial charge in [-0.1, -0.05) is 20.3 Å². The summed E-state index contributed by atoms with van der Waals surface area (Å²) in [5.41, 5.74) is 5.73. The molecule has 1 amide bonds. The Hall–Kier alpha value is -0.570. The monoisotopic (exact) mass is 252 g/mol. The van der Waals surface area contributed by atoms with Crippen LogP contribution in [-0.2, 0) is 4.79 Å². The maximum Gasteiger partial charge on any atom is 0.226 e. The highest BCUT2D eigenvalue weighted by atomic mass is 16.2. The summed E-state index contributed by atoms with van der Waals surface area (Å²) in [5.74, 6) is 3.18. The molecule has 3 heteroatoms. The first kappa shape index (κ1) is 13.9. The van der Waals surface area contributed by atoms with Crippen molar-refractivity contribution in [3.63, 3.8) is 0 Å². The normalized spacial score (nSPS) is 31.9. The van der Waals surface area contributed by atoms with Gasteiger partial charge in [-0.2, -0.15) is 0 Å². The van der Waals surface area contributed by atoms with Crippen molar-refractivity contribution in [2.75, 3.05) is 20.1 Å². The maximum atomic E-state index is 12.4. The Morgan fingerprint density at radius 3 is 2.50 bits per heavy atom. The zero-order chi connectivity index (χ0) is 13.3. The van der Waals surface area contributed by atoms with Gasteiger partial charge in [0.05, 0.1) is 5.92 Å². The Balaban J connectivity index is 1.87. The van der Waals surface area contributed by atoms with Crippen LogP contribution in [0.2, 0.25) is 0 Å². The Labute approximate surface area is 111 Å². The summed E-state index contributed by atoms with van der Waals surface area (Å²) in [6.45, 7) is 5.59. The van der Waals surface area contributed by atoms with Gasteiger partial charge >= 0.3 is 0 Å². The van der Waals surface area contributed by atoms with Gasteiger partial charge in [0.2, 0.25) is 5.91 Å². The molecule has 0 saturated heterocycles. The second kappa shape index (κ2) is 5.60. The van der Waals surface area contributed by atoms with Crippen molar-refractivity contribution >= 4 is 5.91 Å². The van der Waals surface area contributed by atoms with Crippen LogP contribution in [0.25, 0.3) is 0 Å². The van der Waals surface area contributed by atoms with Crippen LogP contribution in [-0.4, -0.2) is 30.9 Å². The fourth-order valence-corrected chi connectivity index (χ4v) is 3.98. The van der Waals surface area contributed by atoms with Crippen LogP contribution in [0, 0.1) is 29.6 Å². The van der Waals surface area contributed by atoms with Gasteiger partial charge in [-0.15, -0.1) is 0 Å². The first-order valence-electron chi connectivity index (χ1n) is 7.48. The van der Waals surface area contributed by atoms with E-state index in [2.05, 4.69) is 13.8 Å². The molecule has 0 aromatic rings. The lowest BCUT2D eigenvalue weighted by atomic mass is 9.88. The standard InChI is InChI=1S/C15H28N2O/c1-10(2)14(8-16)15(18)17(3)9-13-7-11-4-5-12(13)6-11/h10-14H,4-9,16H2,1-3H3. The van der Waals surface area contributed by atoms with Crippen LogP contribution in [0.1, 0.15) is 39.5 Å². The molecule has 4 atom stereocenters. The SMILES string of the molecule is CC(C)C(CN)C(=O)N(C)CC1CC2CCC1C2. The molecule has 0 radical (unpaired) electrons. The van der Waals surface area contributed by atoms with E-state index in [1.165, 1.54) is 25.7 Å². The molecule has 104 valence electrons. The van der Waals surface area contributed by atoms with Crippen LogP contribution >= 0.6 is 0 Å². The highest BCUT2D eigenvalue weighted by Gasteiger charge is 2.40. The number of hydrogen-bond donors (Lipinski definition) is 1. The summed E-state index contributed by atoms with van der Waals surface area (Å²) in [7, 11) is 1.96. The molecular weight excluding hydrogens is 224 g/mol. The molecule has 2 fully saturated rings. The molecule has 2 aliphatic carbocycles. The third-order valence-corrected chi connectivity index (χ3v) is 5.15.